The Labute approximate surface area is 136 Å². The van der Waals surface area contributed by atoms with Crippen molar-refractivity contribution in [2.24, 2.45) is 0 Å². The topological polar surface area (TPSA) is 59.1 Å². The first kappa shape index (κ1) is 16.4. The molecule has 0 radical (unpaired) electrons. The number of hydrogen-bond acceptors (Lipinski definition) is 5. The van der Waals surface area contributed by atoms with Crippen molar-refractivity contribution >= 4 is 28.9 Å². The fourth-order valence-electron chi connectivity index (χ4n) is 1.93. The minimum atomic E-state index is 0.357. The molecule has 1 atom stereocenters. The number of halogens is 1. The van der Waals surface area contributed by atoms with E-state index in [9.17, 15) is 0 Å². The lowest BCUT2D eigenvalue weighted by Gasteiger charge is -2.15. The Balaban J connectivity index is 2.24. The summed E-state index contributed by atoms with van der Waals surface area (Å²) in [7, 11) is 1.61. The van der Waals surface area contributed by atoms with E-state index in [0.717, 1.165) is 23.5 Å². The molecule has 22 heavy (non-hydrogen) atoms. The predicted molar refractivity (Wildman–Crippen MR) is 91.4 cm³/mol. The molecule has 0 spiro atoms. The lowest BCUT2D eigenvalue weighted by Crippen LogP contribution is -2.14. The molecule has 2 aromatic rings. The summed E-state index contributed by atoms with van der Waals surface area (Å²) in [5.74, 6) is 2.16. The van der Waals surface area contributed by atoms with Gasteiger partial charge in [-0.2, -0.15) is 0 Å². The van der Waals surface area contributed by atoms with Crippen LogP contribution in [0.2, 0.25) is 5.02 Å². The van der Waals surface area contributed by atoms with Crippen molar-refractivity contribution in [2.45, 2.75) is 33.2 Å². The van der Waals surface area contributed by atoms with Crippen LogP contribution in [0.1, 0.15) is 25.8 Å². The molecule has 0 amide bonds. The first-order valence-electron chi connectivity index (χ1n) is 7.23. The Kier molecular flexibility index (Phi) is 5.44. The molecule has 1 unspecified atom stereocenters. The van der Waals surface area contributed by atoms with Gasteiger partial charge in [0.05, 0.1) is 12.8 Å². The molecule has 0 fully saturated rings. The maximum atomic E-state index is 6.12. The van der Waals surface area contributed by atoms with E-state index >= 15 is 0 Å². The van der Waals surface area contributed by atoms with E-state index in [1.54, 1.807) is 13.2 Å². The van der Waals surface area contributed by atoms with Crippen LogP contribution in [0.3, 0.4) is 0 Å². The Morgan fingerprint density at radius 2 is 1.95 bits per heavy atom. The number of anilines is 3. The zero-order valence-corrected chi connectivity index (χ0v) is 14.0. The summed E-state index contributed by atoms with van der Waals surface area (Å²) >= 11 is 6.12. The summed E-state index contributed by atoms with van der Waals surface area (Å²) in [6, 6.07) is 5.95. The van der Waals surface area contributed by atoms with Crippen molar-refractivity contribution < 1.29 is 4.74 Å². The number of nitrogens with zero attached hydrogens (tertiary/aromatic N) is 2. The van der Waals surface area contributed by atoms with Crippen LogP contribution in [0.4, 0.5) is 17.3 Å². The molecule has 1 heterocycles. The number of nitrogens with one attached hydrogen (secondary N) is 2. The summed E-state index contributed by atoms with van der Waals surface area (Å²) in [4.78, 5) is 8.47. The van der Waals surface area contributed by atoms with E-state index in [2.05, 4.69) is 34.4 Å². The lowest BCUT2D eigenvalue weighted by molar-refractivity contribution is 0.416. The van der Waals surface area contributed by atoms with Gasteiger partial charge >= 0.3 is 0 Å². The highest BCUT2D eigenvalue weighted by Gasteiger charge is 2.09. The molecule has 2 rings (SSSR count). The van der Waals surface area contributed by atoms with Crippen LogP contribution in [-0.4, -0.2) is 23.1 Å². The van der Waals surface area contributed by atoms with E-state index in [-0.39, 0.29) is 0 Å². The van der Waals surface area contributed by atoms with Crippen molar-refractivity contribution in [1.82, 2.24) is 9.97 Å². The van der Waals surface area contributed by atoms with Crippen LogP contribution in [-0.2, 0) is 0 Å². The van der Waals surface area contributed by atoms with Crippen LogP contribution in [0, 0.1) is 6.92 Å². The molecule has 0 saturated carbocycles. The Morgan fingerprint density at radius 3 is 2.64 bits per heavy atom. The summed E-state index contributed by atoms with van der Waals surface area (Å²) in [5.41, 5.74) is 1.79. The molecule has 2 N–H and O–H groups in total. The average molecular weight is 321 g/mol. The van der Waals surface area contributed by atoms with Crippen LogP contribution >= 0.6 is 11.6 Å². The number of aryl methyl sites for hydroxylation is 1. The maximum absolute atomic E-state index is 6.12. The first-order chi connectivity index (χ1) is 10.5. The standard InChI is InChI=1S/C16H21ClN4O/c1-5-11(3)20-15-8-16(19-9-18-15)21-13-6-10(2)12(17)7-14(13)22-4/h6-9,11H,5H2,1-4H3,(H2,18,19,20,21). The number of ether oxygens (including phenoxy) is 1. The minimum absolute atomic E-state index is 0.357. The number of methoxy groups -OCH3 is 1. The van der Waals surface area contributed by atoms with Crippen molar-refractivity contribution in [1.29, 1.82) is 0 Å². The fraction of sp³-hybridized carbons (Fsp3) is 0.375. The number of benzene rings is 1. The monoisotopic (exact) mass is 320 g/mol. The van der Waals surface area contributed by atoms with E-state index < -0.39 is 0 Å². The average Bonchev–Trinajstić information content (AvgIpc) is 2.51. The lowest BCUT2D eigenvalue weighted by atomic mass is 10.2. The molecular weight excluding hydrogens is 300 g/mol. The highest BCUT2D eigenvalue weighted by molar-refractivity contribution is 6.31. The van der Waals surface area contributed by atoms with Gasteiger partial charge in [-0.05, 0) is 31.9 Å². The van der Waals surface area contributed by atoms with Gasteiger partial charge in [0.1, 0.15) is 23.7 Å². The van der Waals surface area contributed by atoms with Gasteiger partial charge in [0, 0.05) is 23.2 Å². The number of hydrogen-bond donors (Lipinski definition) is 2. The molecule has 1 aromatic carbocycles. The highest BCUT2D eigenvalue weighted by Crippen LogP contribution is 2.32. The smallest absolute Gasteiger partial charge is 0.143 e. The third-order valence-corrected chi connectivity index (χ3v) is 3.82. The summed E-state index contributed by atoms with van der Waals surface area (Å²) in [6.07, 6.45) is 2.55. The highest BCUT2D eigenvalue weighted by atomic mass is 35.5. The first-order valence-corrected chi connectivity index (χ1v) is 7.61. The van der Waals surface area contributed by atoms with Crippen LogP contribution in [0.15, 0.2) is 24.5 Å². The molecule has 0 bridgehead atoms. The van der Waals surface area contributed by atoms with Gasteiger partial charge in [0.25, 0.3) is 0 Å². The Morgan fingerprint density at radius 1 is 1.23 bits per heavy atom. The van der Waals surface area contributed by atoms with Gasteiger partial charge in [-0.15, -0.1) is 0 Å². The third kappa shape index (κ3) is 4.01. The van der Waals surface area contributed by atoms with E-state index in [4.69, 9.17) is 16.3 Å². The molecule has 118 valence electrons. The zero-order valence-electron chi connectivity index (χ0n) is 13.3. The Bertz CT molecular complexity index is 648. The quantitative estimate of drug-likeness (QED) is 0.826. The summed E-state index contributed by atoms with van der Waals surface area (Å²) < 4.78 is 5.36. The second-order valence-electron chi connectivity index (χ2n) is 5.17. The van der Waals surface area contributed by atoms with Crippen molar-refractivity contribution in [2.75, 3.05) is 17.7 Å². The van der Waals surface area contributed by atoms with Gasteiger partial charge in [-0.3, -0.25) is 0 Å². The molecule has 0 aliphatic rings. The third-order valence-electron chi connectivity index (χ3n) is 3.42. The van der Waals surface area contributed by atoms with Gasteiger partial charge < -0.3 is 15.4 Å². The second kappa shape index (κ2) is 7.31. The van der Waals surface area contributed by atoms with Crippen LogP contribution in [0.25, 0.3) is 0 Å². The Hall–Kier alpha value is -2.01. The van der Waals surface area contributed by atoms with E-state index in [0.29, 0.717) is 22.6 Å². The van der Waals surface area contributed by atoms with E-state index in [1.807, 2.05) is 19.1 Å². The molecule has 0 aliphatic heterocycles. The summed E-state index contributed by atoms with van der Waals surface area (Å²) in [5, 5.41) is 7.24. The molecule has 6 heteroatoms. The van der Waals surface area contributed by atoms with Crippen molar-refractivity contribution in [3.8, 4) is 5.75 Å². The fourth-order valence-corrected chi connectivity index (χ4v) is 2.08. The largest absolute Gasteiger partial charge is 0.495 e. The van der Waals surface area contributed by atoms with Crippen LogP contribution < -0.4 is 15.4 Å². The molecule has 0 aliphatic carbocycles. The van der Waals surface area contributed by atoms with Gasteiger partial charge in [0.15, 0.2) is 0 Å². The molecule has 0 saturated heterocycles. The van der Waals surface area contributed by atoms with Crippen LogP contribution in [0.5, 0.6) is 5.75 Å². The zero-order chi connectivity index (χ0) is 16.1. The van der Waals surface area contributed by atoms with Crippen molar-refractivity contribution in [3.05, 3.63) is 35.1 Å². The van der Waals surface area contributed by atoms with Gasteiger partial charge in [-0.1, -0.05) is 18.5 Å². The van der Waals surface area contributed by atoms with Gasteiger partial charge in [-0.25, -0.2) is 9.97 Å². The minimum Gasteiger partial charge on any atom is -0.495 e. The SMILES string of the molecule is CCC(C)Nc1cc(Nc2cc(C)c(Cl)cc2OC)ncn1. The summed E-state index contributed by atoms with van der Waals surface area (Å²) in [6.45, 7) is 6.18. The normalized spacial score (nSPS) is 11.9. The number of rotatable bonds is 6. The van der Waals surface area contributed by atoms with E-state index in [1.165, 1.54) is 6.33 Å². The second-order valence-corrected chi connectivity index (χ2v) is 5.58. The molecule has 5 nitrogen and oxygen atoms in total. The van der Waals surface area contributed by atoms with Gasteiger partial charge in [0.2, 0.25) is 0 Å². The molecule has 1 aromatic heterocycles. The molecular formula is C16H21ClN4O. The number of aromatic nitrogens is 2. The predicted octanol–water partition coefficient (Wildman–Crippen LogP) is 4.40. The maximum Gasteiger partial charge on any atom is 0.143 e. The van der Waals surface area contributed by atoms with Crippen molar-refractivity contribution in [3.63, 3.8) is 0 Å².